The summed E-state index contributed by atoms with van der Waals surface area (Å²) >= 11 is 0. The average molecular weight is 303 g/mol. The topological polar surface area (TPSA) is 91.7 Å². The van der Waals surface area contributed by atoms with Gasteiger partial charge >= 0.3 is 5.97 Å². The van der Waals surface area contributed by atoms with Gasteiger partial charge in [-0.2, -0.15) is 0 Å². The first-order valence-corrected chi connectivity index (χ1v) is 7.40. The minimum Gasteiger partial charge on any atom is -0.478 e. The van der Waals surface area contributed by atoms with Gasteiger partial charge in [0, 0.05) is 6.20 Å². The molecule has 2 heterocycles. The number of carboxylic acids is 1. The van der Waals surface area contributed by atoms with E-state index >= 15 is 0 Å². The number of aromatic nitrogens is 1. The Morgan fingerprint density at radius 3 is 2.68 bits per heavy atom. The number of carbonyl (C=O) groups excluding carboxylic acids is 1. The Labute approximate surface area is 129 Å². The fraction of sp³-hybridized carbons (Fsp3) is 0.500. The monoisotopic (exact) mass is 303 g/mol. The zero-order valence-electron chi connectivity index (χ0n) is 13.3. The highest BCUT2D eigenvalue weighted by Crippen LogP contribution is 2.26. The van der Waals surface area contributed by atoms with Gasteiger partial charge in [0.05, 0.1) is 5.56 Å². The van der Waals surface area contributed by atoms with Crippen LogP contribution in [0.25, 0.3) is 0 Å². The van der Waals surface area contributed by atoms with Crippen molar-refractivity contribution in [2.75, 3.05) is 0 Å². The van der Waals surface area contributed by atoms with E-state index < -0.39 is 11.5 Å². The van der Waals surface area contributed by atoms with Crippen molar-refractivity contribution in [2.24, 2.45) is 10.9 Å². The van der Waals surface area contributed by atoms with E-state index in [0.29, 0.717) is 18.8 Å². The first kappa shape index (κ1) is 16.1. The molecule has 6 nitrogen and oxygen atoms in total. The molecule has 2 N–H and O–H groups in total. The lowest BCUT2D eigenvalue weighted by molar-refractivity contribution is -0.123. The average Bonchev–Trinajstić information content (AvgIpc) is 2.72. The van der Waals surface area contributed by atoms with Gasteiger partial charge in [-0.25, -0.2) is 9.79 Å². The van der Waals surface area contributed by atoms with Gasteiger partial charge in [0.25, 0.3) is 5.91 Å². The Hall–Kier alpha value is -2.24. The number of rotatable bonds is 5. The summed E-state index contributed by atoms with van der Waals surface area (Å²) in [5.41, 5.74) is 0.235. The van der Waals surface area contributed by atoms with Gasteiger partial charge in [0.15, 0.2) is 5.84 Å². The summed E-state index contributed by atoms with van der Waals surface area (Å²) in [6.45, 7) is 7.72. The molecule has 0 spiro atoms. The van der Waals surface area contributed by atoms with Crippen LogP contribution in [0, 0.1) is 5.92 Å². The van der Waals surface area contributed by atoms with Crippen LogP contribution in [-0.4, -0.2) is 33.3 Å². The van der Waals surface area contributed by atoms with Crippen molar-refractivity contribution >= 4 is 17.7 Å². The van der Waals surface area contributed by atoms with E-state index in [1.54, 1.807) is 19.2 Å². The fourth-order valence-electron chi connectivity index (χ4n) is 2.67. The quantitative estimate of drug-likeness (QED) is 0.870. The maximum Gasteiger partial charge on any atom is 0.338 e. The van der Waals surface area contributed by atoms with Crippen LogP contribution in [0.15, 0.2) is 17.3 Å². The number of hydrogen-bond acceptors (Lipinski definition) is 4. The number of nitrogens with zero attached hydrogens (tertiary/aromatic N) is 2. The van der Waals surface area contributed by atoms with Crippen molar-refractivity contribution in [3.63, 3.8) is 0 Å². The molecule has 1 aromatic rings. The second-order valence-corrected chi connectivity index (χ2v) is 6.18. The summed E-state index contributed by atoms with van der Waals surface area (Å²) < 4.78 is 0. The molecule has 0 radical (unpaired) electrons. The van der Waals surface area contributed by atoms with E-state index in [9.17, 15) is 14.7 Å². The predicted molar refractivity (Wildman–Crippen MR) is 83.1 cm³/mol. The first-order valence-electron chi connectivity index (χ1n) is 7.40. The maximum absolute atomic E-state index is 12.2. The second kappa shape index (κ2) is 5.87. The van der Waals surface area contributed by atoms with Crippen molar-refractivity contribution in [2.45, 2.75) is 46.1 Å². The SMILES string of the molecule is CCc1cnc(C2=NC(C)(CC(C)C)C(=O)N2)c(C(=O)O)c1. The third-order valence-corrected chi connectivity index (χ3v) is 3.69. The summed E-state index contributed by atoms with van der Waals surface area (Å²) in [7, 11) is 0. The molecule has 1 aliphatic rings. The highest BCUT2D eigenvalue weighted by molar-refractivity contribution is 6.17. The predicted octanol–water partition coefficient (Wildman–Crippen LogP) is 2.02. The number of amidine groups is 1. The zero-order chi connectivity index (χ0) is 16.5. The number of nitrogens with one attached hydrogen (secondary N) is 1. The normalized spacial score (nSPS) is 21.0. The molecule has 1 amide bonds. The third kappa shape index (κ3) is 3.00. The van der Waals surface area contributed by atoms with Gasteiger partial charge in [-0.15, -0.1) is 0 Å². The molecule has 0 bridgehead atoms. The number of carboxylic acid groups (broad SMARTS) is 1. The van der Waals surface area contributed by atoms with Crippen molar-refractivity contribution in [3.05, 3.63) is 29.1 Å². The Kier molecular flexibility index (Phi) is 4.30. The van der Waals surface area contributed by atoms with E-state index in [2.05, 4.69) is 15.3 Å². The van der Waals surface area contributed by atoms with Crippen LogP contribution in [0.3, 0.4) is 0 Å². The molecule has 0 aliphatic carbocycles. The number of carbonyl (C=O) groups is 2. The Morgan fingerprint density at radius 2 is 2.14 bits per heavy atom. The molecule has 1 unspecified atom stereocenters. The minimum atomic E-state index is -1.08. The van der Waals surface area contributed by atoms with Gasteiger partial charge in [0.1, 0.15) is 11.2 Å². The van der Waals surface area contributed by atoms with Crippen LogP contribution in [0.5, 0.6) is 0 Å². The number of aryl methyl sites for hydroxylation is 1. The highest BCUT2D eigenvalue weighted by atomic mass is 16.4. The van der Waals surface area contributed by atoms with Crippen LogP contribution in [0.2, 0.25) is 0 Å². The van der Waals surface area contributed by atoms with Gasteiger partial charge in [-0.05, 0) is 37.3 Å². The van der Waals surface area contributed by atoms with Crippen LogP contribution >= 0.6 is 0 Å². The minimum absolute atomic E-state index is 0.0622. The first-order chi connectivity index (χ1) is 10.3. The van der Waals surface area contributed by atoms with E-state index in [-0.39, 0.29) is 23.0 Å². The molecule has 0 fully saturated rings. The van der Waals surface area contributed by atoms with E-state index in [0.717, 1.165) is 5.56 Å². The molecular formula is C16H21N3O3. The van der Waals surface area contributed by atoms with E-state index in [1.807, 2.05) is 20.8 Å². The molecule has 2 rings (SSSR count). The molecule has 0 saturated heterocycles. The van der Waals surface area contributed by atoms with Crippen molar-refractivity contribution in [3.8, 4) is 0 Å². The number of aliphatic imine (C=N–C) groups is 1. The maximum atomic E-state index is 12.2. The number of pyridine rings is 1. The lowest BCUT2D eigenvalue weighted by Gasteiger charge is -2.19. The van der Waals surface area contributed by atoms with Crippen molar-refractivity contribution in [1.29, 1.82) is 0 Å². The lowest BCUT2D eigenvalue weighted by Crippen LogP contribution is -2.38. The summed E-state index contributed by atoms with van der Waals surface area (Å²) in [6, 6.07) is 1.58. The largest absolute Gasteiger partial charge is 0.478 e. The smallest absolute Gasteiger partial charge is 0.338 e. The molecule has 22 heavy (non-hydrogen) atoms. The van der Waals surface area contributed by atoms with Crippen LogP contribution < -0.4 is 5.32 Å². The van der Waals surface area contributed by atoms with Crippen molar-refractivity contribution < 1.29 is 14.7 Å². The molecule has 0 saturated carbocycles. The molecule has 0 aromatic carbocycles. The summed E-state index contributed by atoms with van der Waals surface area (Å²) in [6.07, 6.45) is 2.91. The van der Waals surface area contributed by atoms with E-state index in [1.165, 1.54) is 0 Å². The van der Waals surface area contributed by atoms with Crippen LogP contribution in [0.4, 0.5) is 0 Å². The standard InChI is InChI=1S/C16H21N3O3/c1-5-10-6-11(14(20)21)12(17-8-10)13-18-15(22)16(4,19-13)7-9(2)3/h6,8-9H,5,7H2,1-4H3,(H,20,21)(H,18,19,22). The zero-order valence-corrected chi connectivity index (χ0v) is 13.3. The lowest BCUT2D eigenvalue weighted by atomic mass is 9.91. The molecule has 1 aliphatic heterocycles. The van der Waals surface area contributed by atoms with Gasteiger partial charge < -0.3 is 10.4 Å². The number of aromatic carboxylic acids is 1. The highest BCUT2D eigenvalue weighted by Gasteiger charge is 2.40. The van der Waals surface area contributed by atoms with Crippen LogP contribution in [-0.2, 0) is 11.2 Å². The summed E-state index contributed by atoms with van der Waals surface area (Å²) in [4.78, 5) is 32.3. The second-order valence-electron chi connectivity index (χ2n) is 6.18. The molecule has 118 valence electrons. The molecular weight excluding hydrogens is 282 g/mol. The van der Waals surface area contributed by atoms with Crippen LogP contribution in [0.1, 0.15) is 55.7 Å². The van der Waals surface area contributed by atoms with E-state index in [4.69, 9.17) is 0 Å². The summed E-state index contributed by atoms with van der Waals surface area (Å²) in [5.74, 6) is -0.748. The van der Waals surface area contributed by atoms with Gasteiger partial charge in [0.2, 0.25) is 0 Å². The molecule has 1 atom stereocenters. The molecule has 1 aromatic heterocycles. The van der Waals surface area contributed by atoms with Gasteiger partial charge in [-0.3, -0.25) is 9.78 Å². The summed E-state index contributed by atoms with van der Waals surface area (Å²) in [5, 5.41) is 12.1. The Bertz CT molecular complexity index is 652. The van der Waals surface area contributed by atoms with Gasteiger partial charge in [-0.1, -0.05) is 20.8 Å². The number of amides is 1. The van der Waals surface area contributed by atoms with Crippen molar-refractivity contribution in [1.82, 2.24) is 10.3 Å². The fourth-order valence-corrected chi connectivity index (χ4v) is 2.67. The Morgan fingerprint density at radius 1 is 1.45 bits per heavy atom. The molecule has 6 heteroatoms. The third-order valence-electron chi connectivity index (χ3n) is 3.69. The Balaban J connectivity index is 2.46. The number of hydrogen-bond donors (Lipinski definition) is 2.